The fourth-order valence-electron chi connectivity index (χ4n) is 2.23. The van der Waals surface area contributed by atoms with Crippen LogP contribution in [0.4, 0.5) is 0 Å². The Morgan fingerprint density at radius 1 is 1.05 bits per heavy atom. The van der Waals surface area contributed by atoms with Gasteiger partial charge in [0.25, 0.3) is 0 Å². The molecule has 0 aliphatic rings. The third kappa shape index (κ3) is 5.12. The first-order valence-corrected chi connectivity index (χ1v) is 7.49. The minimum Gasteiger partial charge on any atom is -0.504 e. The predicted octanol–water partition coefficient (Wildman–Crippen LogP) is 3.51. The fraction of sp³-hybridized carbons (Fsp3) is 0.333. The second kappa shape index (κ2) is 8.32. The number of aryl methyl sites for hydroxylation is 1. The summed E-state index contributed by atoms with van der Waals surface area (Å²) in [6.07, 6.45) is 2.20. The van der Waals surface area contributed by atoms with Crippen LogP contribution in [0.1, 0.15) is 24.5 Å². The van der Waals surface area contributed by atoms with Gasteiger partial charge in [0.15, 0.2) is 11.5 Å². The monoisotopic (exact) mass is 285 g/mol. The lowest BCUT2D eigenvalue weighted by Crippen LogP contribution is -2.15. The van der Waals surface area contributed by atoms with Crippen molar-refractivity contribution in [2.24, 2.45) is 0 Å². The summed E-state index contributed by atoms with van der Waals surface area (Å²) in [5, 5.41) is 13.1. The molecule has 0 saturated carbocycles. The Kier molecular flexibility index (Phi) is 6.10. The Labute approximate surface area is 126 Å². The summed E-state index contributed by atoms with van der Waals surface area (Å²) < 4.78 is 5.38. The Morgan fingerprint density at radius 3 is 2.62 bits per heavy atom. The van der Waals surface area contributed by atoms with E-state index in [2.05, 4.69) is 29.6 Å². The molecule has 0 heterocycles. The maximum atomic E-state index is 9.66. The lowest BCUT2D eigenvalue weighted by Gasteiger charge is -2.09. The maximum absolute atomic E-state index is 9.66. The summed E-state index contributed by atoms with van der Waals surface area (Å²) >= 11 is 0. The van der Waals surface area contributed by atoms with Crippen LogP contribution in [-0.2, 0) is 13.0 Å². The Hall–Kier alpha value is -2.00. The van der Waals surface area contributed by atoms with Gasteiger partial charge in [-0.3, -0.25) is 0 Å². The quantitative estimate of drug-likeness (QED) is 0.729. The molecule has 0 aromatic heterocycles. The summed E-state index contributed by atoms with van der Waals surface area (Å²) in [4.78, 5) is 0. The van der Waals surface area contributed by atoms with Gasteiger partial charge in [-0.25, -0.2) is 0 Å². The Morgan fingerprint density at radius 2 is 1.86 bits per heavy atom. The molecule has 0 radical (unpaired) electrons. The van der Waals surface area contributed by atoms with Crippen molar-refractivity contribution < 1.29 is 9.84 Å². The first-order valence-electron chi connectivity index (χ1n) is 7.49. The average Bonchev–Trinajstić information content (AvgIpc) is 2.51. The van der Waals surface area contributed by atoms with Crippen molar-refractivity contribution in [3.8, 4) is 11.5 Å². The molecule has 0 aliphatic heterocycles. The van der Waals surface area contributed by atoms with Gasteiger partial charge in [0.1, 0.15) is 0 Å². The SMILES string of the molecule is CCOc1cc(CNCCCc2ccccc2)ccc1O. The molecule has 3 nitrogen and oxygen atoms in total. The largest absolute Gasteiger partial charge is 0.504 e. The molecule has 112 valence electrons. The lowest BCUT2D eigenvalue weighted by molar-refractivity contribution is 0.317. The topological polar surface area (TPSA) is 41.5 Å². The van der Waals surface area contributed by atoms with Crippen LogP contribution in [0.3, 0.4) is 0 Å². The maximum Gasteiger partial charge on any atom is 0.161 e. The number of ether oxygens (including phenoxy) is 1. The zero-order chi connectivity index (χ0) is 14.9. The second-order valence-electron chi connectivity index (χ2n) is 5.00. The van der Waals surface area contributed by atoms with E-state index in [1.165, 1.54) is 5.56 Å². The van der Waals surface area contributed by atoms with Crippen LogP contribution in [0.2, 0.25) is 0 Å². The standard InChI is InChI=1S/C18H23NO2/c1-2-21-18-13-16(10-11-17(18)20)14-19-12-6-9-15-7-4-3-5-8-15/h3-5,7-8,10-11,13,19-20H,2,6,9,12,14H2,1H3. The molecule has 0 atom stereocenters. The van der Waals surface area contributed by atoms with Crippen LogP contribution in [0.25, 0.3) is 0 Å². The predicted molar refractivity (Wildman–Crippen MR) is 85.7 cm³/mol. The van der Waals surface area contributed by atoms with E-state index in [1.54, 1.807) is 6.07 Å². The van der Waals surface area contributed by atoms with Crippen molar-refractivity contribution in [2.75, 3.05) is 13.2 Å². The molecule has 0 bridgehead atoms. The van der Waals surface area contributed by atoms with Gasteiger partial charge >= 0.3 is 0 Å². The van der Waals surface area contributed by atoms with E-state index >= 15 is 0 Å². The molecule has 21 heavy (non-hydrogen) atoms. The van der Waals surface area contributed by atoms with E-state index in [-0.39, 0.29) is 5.75 Å². The number of benzene rings is 2. The number of hydrogen-bond donors (Lipinski definition) is 2. The van der Waals surface area contributed by atoms with E-state index in [0.717, 1.165) is 31.5 Å². The zero-order valence-electron chi connectivity index (χ0n) is 12.5. The molecule has 2 rings (SSSR count). The highest BCUT2D eigenvalue weighted by atomic mass is 16.5. The van der Waals surface area contributed by atoms with Gasteiger partial charge in [0.2, 0.25) is 0 Å². The van der Waals surface area contributed by atoms with Crippen molar-refractivity contribution >= 4 is 0 Å². The Bertz CT molecular complexity index is 540. The van der Waals surface area contributed by atoms with Gasteiger partial charge in [-0.15, -0.1) is 0 Å². The number of hydrogen-bond acceptors (Lipinski definition) is 3. The van der Waals surface area contributed by atoms with Crippen LogP contribution in [0.15, 0.2) is 48.5 Å². The average molecular weight is 285 g/mol. The summed E-state index contributed by atoms with van der Waals surface area (Å²) in [6.45, 7) is 4.23. The van der Waals surface area contributed by atoms with E-state index in [4.69, 9.17) is 4.74 Å². The van der Waals surface area contributed by atoms with Crippen molar-refractivity contribution in [3.05, 3.63) is 59.7 Å². The highest BCUT2D eigenvalue weighted by molar-refractivity contribution is 5.41. The fourth-order valence-corrected chi connectivity index (χ4v) is 2.23. The molecule has 2 aromatic carbocycles. The minimum atomic E-state index is 0.199. The highest BCUT2D eigenvalue weighted by Gasteiger charge is 2.03. The normalized spacial score (nSPS) is 10.5. The molecule has 0 spiro atoms. The van der Waals surface area contributed by atoms with Gasteiger partial charge in [-0.05, 0) is 49.6 Å². The van der Waals surface area contributed by atoms with Crippen molar-refractivity contribution in [3.63, 3.8) is 0 Å². The van der Waals surface area contributed by atoms with Crippen LogP contribution >= 0.6 is 0 Å². The van der Waals surface area contributed by atoms with Gasteiger partial charge in [0.05, 0.1) is 6.61 Å². The number of phenols is 1. The zero-order valence-corrected chi connectivity index (χ0v) is 12.5. The van der Waals surface area contributed by atoms with Crippen molar-refractivity contribution in [1.82, 2.24) is 5.32 Å². The molecule has 3 heteroatoms. The smallest absolute Gasteiger partial charge is 0.161 e. The van der Waals surface area contributed by atoms with Crippen LogP contribution < -0.4 is 10.1 Å². The second-order valence-corrected chi connectivity index (χ2v) is 5.00. The third-order valence-corrected chi connectivity index (χ3v) is 3.32. The Balaban J connectivity index is 1.72. The van der Waals surface area contributed by atoms with Gasteiger partial charge in [0, 0.05) is 6.54 Å². The minimum absolute atomic E-state index is 0.199. The molecule has 0 saturated heterocycles. The molecule has 0 amide bonds. The van der Waals surface area contributed by atoms with E-state index in [9.17, 15) is 5.11 Å². The van der Waals surface area contributed by atoms with Gasteiger partial charge < -0.3 is 15.2 Å². The van der Waals surface area contributed by atoms with Crippen LogP contribution in [0.5, 0.6) is 11.5 Å². The van der Waals surface area contributed by atoms with Gasteiger partial charge in [-0.1, -0.05) is 36.4 Å². The van der Waals surface area contributed by atoms with Crippen molar-refractivity contribution in [2.45, 2.75) is 26.3 Å². The van der Waals surface area contributed by atoms with Crippen LogP contribution in [0, 0.1) is 0 Å². The summed E-state index contributed by atoms with van der Waals surface area (Å²) in [5.74, 6) is 0.755. The highest BCUT2D eigenvalue weighted by Crippen LogP contribution is 2.26. The van der Waals surface area contributed by atoms with Crippen LogP contribution in [-0.4, -0.2) is 18.3 Å². The lowest BCUT2D eigenvalue weighted by atomic mass is 10.1. The molecule has 0 unspecified atom stereocenters. The number of aromatic hydroxyl groups is 1. The number of phenolic OH excluding ortho intramolecular Hbond substituents is 1. The summed E-state index contributed by atoms with van der Waals surface area (Å²) in [7, 11) is 0. The summed E-state index contributed by atoms with van der Waals surface area (Å²) in [6, 6.07) is 16.0. The number of rotatable bonds is 8. The van der Waals surface area contributed by atoms with E-state index in [1.807, 2.05) is 25.1 Å². The first kappa shape index (κ1) is 15.4. The molecule has 2 aromatic rings. The van der Waals surface area contributed by atoms with Crippen molar-refractivity contribution in [1.29, 1.82) is 0 Å². The first-order chi connectivity index (χ1) is 10.3. The third-order valence-electron chi connectivity index (χ3n) is 3.32. The molecule has 2 N–H and O–H groups in total. The number of nitrogens with one attached hydrogen (secondary N) is 1. The molecule has 0 fully saturated rings. The van der Waals surface area contributed by atoms with Gasteiger partial charge in [-0.2, -0.15) is 0 Å². The molecular formula is C18H23NO2. The summed E-state index contributed by atoms with van der Waals surface area (Å²) in [5.41, 5.74) is 2.50. The van der Waals surface area contributed by atoms with E-state index < -0.39 is 0 Å². The molecule has 0 aliphatic carbocycles. The van der Waals surface area contributed by atoms with E-state index in [0.29, 0.717) is 12.4 Å². The molecular weight excluding hydrogens is 262 g/mol.